The molecule has 0 unspecified atom stereocenters. The van der Waals surface area contributed by atoms with E-state index in [-0.39, 0.29) is 12.2 Å². The highest BCUT2D eigenvalue weighted by atomic mass is 16.5. The van der Waals surface area contributed by atoms with E-state index in [0.717, 1.165) is 51.9 Å². The fourth-order valence-corrected chi connectivity index (χ4v) is 5.20. The van der Waals surface area contributed by atoms with Gasteiger partial charge in [0.15, 0.2) is 0 Å². The summed E-state index contributed by atoms with van der Waals surface area (Å²) in [5.74, 6) is 0.358. The Kier molecular flexibility index (Phi) is 5.07. The standard InChI is InChI=1S/C22H32N2O2/c1-17-15-24(16-18(2)26-17)22(13-19-9-5-6-10-20(19)14-22)21(25)23-11-7-3-4-8-12-23/h5-6,9-10,17-18H,3-4,7-8,11-16H2,1-2H3/t17-,18+. The maximum absolute atomic E-state index is 13.9. The fraction of sp³-hybridized carbons (Fsp3) is 0.682. The van der Waals surface area contributed by atoms with Gasteiger partial charge in [-0.05, 0) is 37.8 Å². The number of carbonyl (C=O) groups is 1. The van der Waals surface area contributed by atoms with Gasteiger partial charge < -0.3 is 9.64 Å². The van der Waals surface area contributed by atoms with E-state index in [4.69, 9.17) is 4.74 Å². The van der Waals surface area contributed by atoms with Gasteiger partial charge in [0.2, 0.25) is 5.91 Å². The van der Waals surface area contributed by atoms with Gasteiger partial charge in [-0.3, -0.25) is 9.69 Å². The number of benzene rings is 1. The molecular weight excluding hydrogens is 324 g/mol. The first kappa shape index (κ1) is 18.0. The van der Waals surface area contributed by atoms with Crippen LogP contribution in [-0.2, 0) is 22.4 Å². The molecule has 4 rings (SSSR count). The number of nitrogens with zero attached hydrogens (tertiary/aromatic N) is 2. The number of likely N-dealkylation sites (tertiary alicyclic amines) is 1. The highest BCUT2D eigenvalue weighted by Crippen LogP contribution is 2.38. The number of amides is 1. The van der Waals surface area contributed by atoms with Crippen molar-refractivity contribution >= 4 is 5.91 Å². The zero-order valence-electron chi connectivity index (χ0n) is 16.2. The Morgan fingerprint density at radius 1 is 0.962 bits per heavy atom. The molecule has 2 atom stereocenters. The van der Waals surface area contributed by atoms with Crippen molar-refractivity contribution in [2.45, 2.75) is 70.1 Å². The van der Waals surface area contributed by atoms with Crippen molar-refractivity contribution in [2.75, 3.05) is 26.2 Å². The van der Waals surface area contributed by atoms with Gasteiger partial charge in [0.05, 0.1) is 12.2 Å². The lowest BCUT2D eigenvalue weighted by atomic mass is 9.89. The van der Waals surface area contributed by atoms with Crippen LogP contribution in [0.5, 0.6) is 0 Å². The Morgan fingerprint density at radius 2 is 1.50 bits per heavy atom. The number of fused-ring (bicyclic) bond motifs is 1. The minimum absolute atomic E-state index is 0.177. The molecule has 142 valence electrons. The molecule has 2 fully saturated rings. The summed E-state index contributed by atoms with van der Waals surface area (Å²) in [6, 6.07) is 8.63. The Balaban J connectivity index is 1.67. The minimum atomic E-state index is -0.416. The second-order valence-electron chi connectivity index (χ2n) is 8.52. The Hall–Kier alpha value is -1.39. The molecule has 4 nitrogen and oxygen atoms in total. The summed E-state index contributed by atoms with van der Waals surface area (Å²) in [4.78, 5) is 18.5. The smallest absolute Gasteiger partial charge is 0.243 e. The lowest BCUT2D eigenvalue weighted by Gasteiger charge is -2.47. The molecule has 26 heavy (non-hydrogen) atoms. The van der Waals surface area contributed by atoms with Crippen LogP contribution in [0.15, 0.2) is 24.3 Å². The molecule has 0 bridgehead atoms. The predicted octanol–water partition coefficient (Wildman–Crippen LogP) is 3.04. The summed E-state index contributed by atoms with van der Waals surface area (Å²) < 4.78 is 5.98. The van der Waals surface area contributed by atoms with Crippen LogP contribution in [0.3, 0.4) is 0 Å². The normalized spacial score (nSPS) is 29.2. The average molecular weight is 357 g/mol. The number of carbonyl (C=O) groups excluding carboxylic acids is 1. The van der Waals surface area contributed by atoms with Gasteiger partial charge in [-0.1, -0.05) is 37.1 Å². The van der Waals surface area contributed by atoms with Gasteiger partial charge in [0.1, 0.15) is 5.54 Å². The van der Waals surface area contributed by atoms with Gasteiger partial charge in [0, 0.05) is 39.0 Å². The molecular formula is C22H32N2O2. The molecule has 2 aliphatic heterocycles. The van der Waals surface area contributed by atoms with Crippen molar-refractivity contribution in [2.24, 2.45) is 0 Å². The summed E-state index contributed by atoms with van der Waals surface area (Å²) in [5.41, 5.74) is 2.28. The summed E-state index contributed by atoms with van der Waals surface area (Å²) in [7, 11) is 0. The molecule has 0 radical (unpaired) electrons. The van der Waals surface area contributed by atoms with Crippen LogP contribution in [-0.4, -0.2) is 59.6 Å². The largest absolute Gasteiger partial charge is 0.373 e. The lowest BCUT2D eigenvalue weighted by Crippen LogP contribution is -2.65. The third kappa shape index (κ3) is 3.29. The van der Waals surface area contributed by atoms with Crippen LogP contribution in [0, 0.1) is 0 Å². The first-order valence-corrected chi connectivity index (χ1v) is 10.4. The van der Waals surface area contributed by atoms with E-state index in [1.165, 1.54) is 24.0 Å². The van der Waals surface area contributed by atoms with Crippen LogP contribution in [0.2, 0.25) is 0 Å². The second kappa shape index (κ2) is 7.32. The van der Waals surface area contributed by atoms with Crippen LogP contribution >= 0.6 is 0 Å². The van der Waals surface area contributed by atoms with E-state index < -0.39 is 5.54 Å². The summed E-state index contributed by atoms with van der Waals surface area (Å²) in [6.07, 6.45) is 6.84. The van der Waals surface area contributed by atoms with Gasteiger partial charge in [0.25, 0.3) is 0 Å². The van der Waals surface area contributed by atoms with E-state index in [0.29, 0.717) is 5.91 Å². The van der Waals surface area contributed by atoms with Crippen molar-refractivity contribution in [1.29, 1.82) is 0 Å². The van der Waals surface area contributed by atoms with Crippen molar-refractivity contribution < 1.29 is 9.53 Å². The number of hydrogen-bond acceptors (Lipinski definition) is 3. The molecule has 2 saturated heterocycles. The number of hydrogen-bond donors (Lipinski definition) is 0. The third-order valence-electron chi connectivity index (χ3n) is 6.40. The average Bonchev–Trinajstić information content (AvgIpc) is 2.81. The highest BCUT2D eigenvalue weighted by molar-refractivity contribution is 5.88. The SMILES string of the molecule is C[C@@H]1CN(C2(C(=O)N3CCCCCC3)Cc3ccccc3C2)C[C@H](C)O1. The topological polar surface area (TPSA) is 32.8 Å². The first-order chi connectivity index (χ1) is 12.6. The summed E-state index contributed by atoms with van der Waals surface area (Å²) in [5, 5.41) is 0. The molecule has 1 amide bonds. The van der Waals surface area contributed by atoms with Gasteiger partial charge in [-0.25, -0.2) is 0 Å². The van der Waals surface area contributed by atoms with Crippen molar-refractivity contribution in [3.05, 3.63) is 35.4 Å². The summed E-state index contributed by atoms with van der Waals surface area (Å²) >= 11 is 0. The van der Waals surface area contributed by atoms with Gasteiger partial charge in [-0.15, -0.1) is 0 Å². The second-order valence-corrected chi connectivity index (χ2v) is 8.52. The van der Waals surface area contributed by atoms with E-state index >= 15 is 0 Å². The van der Waals surface area contributed by atoms with Gasteiger partial charge in [-0.2, -0.15) is 0 Å². The Labute approximate surface area is 157 Å². The third-order valence-corrected chi connectivity index (χ3v) is 6.40. The molecule has 0 spiro atoms. The van der Waals surface area contributed by atoms with E-state index in [9.17, 15) is 4.79 Å². The maximum Gasteiger partial charge on any atom is 0.243 e. The number of morpholine rings is 1. The predicted molar refractivity (Wildman–Crippen MR) is 103 cm³/mol. The molecule has 2 heterocycles. The maximum atomic E-state index is 13.9. The van der Waals surface area contributed by atoms with E-state index in [2.05, 4.69) is 47.9 Å². The van der Waals surface area contributed by atoms with Crippen molar-refractivity contribution in [3.63, 3.8) is 0 Å². The quantitative estimate of drug-likeness (QED) is 0.817. The van der Waals surface area contributed by atoms with Gasteiger partial charge >= 0.3 is 0 Å². The Bertz CT molecular complexity index is 616. The molecule has 0 saturated carbocycles. The number of rotatable bonds is 2. The van der Waals surface area contributed by atoms with Crippen LogP contribution in [0.25, 0.3) is 0 Å². The van der Waals surface area contributed by atoms with Crippen molar-refractivity contribution in [3.8, 4) is 0 Å². The van der Waals surface area contributed by atoms with Crippen LogP contribution < -0.4 is 0 Å². The molecule has 1 aromatic carbocycles. The zero-order chi connectivity index (χ0) is 18.1. The molecule has 0 aromatic heterocycles. The summed E-state index contributed by atoms with van der Waals surface area (Å²) in [6.45, 7) is 7.80. The monoisotopic (exact) mass is 356 g/mol. The zero-order valence-corrected chi connectivity index (χ0v) is 16.2. The van der Waals surface area contributed by atoms with Crippen LogP contribution in [0.4, 0.5) is 0 Å². The van der Waals surface area contributed by atoms with Crippen molar-refractivity contribution in [1.82, 2.24) is 9.80 Å². The fourth-order valence-electron chi connectivity index (χ4n) is 5.20. The number of ether oxygens (including phenoxy) is 1. The Morgan fingerprint density at radius 3 is 2.04 bits per heavy atom. The molecule has 1 aliphatic carbocycles. The molecule has 4 heteroatoms. The molecule has 3 aliphatic rings. The van der Waals surface area contributed by atoms with E-state index in [1.807, 2.05) is 0 Å². The minimum Gasteiger partial charge on any atom is -0.373 e. The van der Waals surface area contributed by atoms with E-state index in [1.54, 1.807) is 0 Å². The highest BCUT2D eigenvalue weighted by Gasteiger charge is 2.51. The lowest BCUT2D eigenvalue weighted by molar-refractivity contribution is -0.154. The molecule has 1 aromatic rings. The first-order valence-electron chi connectivity index (χ1n) is 10.4. The van der Waals surface area contributed by atoms with Crippen LogP contribution in [0.1, 0.15) is 50.7 Å². The molecule has 0 N–H and O–H groups in total.